The number of aromatic nitrogens is 2. The molecule has 1 aromatic carbocycles. The van der Waals surface area contributed by atoms with Crippen LogP contribution in [0.4, 0.5) is 17.2 Å². The van der Waals surface area contributed by atoms with Gasteiger partial charge in [0.15, 0.2) is 0 Å². The third-order valence-electron chi connectivity index (χ3n) is 1.94. The Morgan fingerprint density at radius 3 is 2.87 bits per heavy atom. The highest BCUT2D eigenvalue weighted by Gasteiger charge is 1.96. The normalized spacial score (nSPS) is 9.93. The minimum absolute atomic E-state index is 0.728. The van der Waals surface area contributed by atoms with E-state index in [1.54, 1.807) is 6.20 Å². The first kappa shape index (κ1) is 9.45. The van der Waals surface area contributed by atoms with E-state index in [0.717, 1.165) is 23.0 Å². The van der Waals surface area contributed by atoms with Gasteiger partial charge in [0.25, 0.3) is 0 Å². The molecule has 0 radical (unpaired) electrons. The van der Waals surface area contributed by atoms with Crippen molar-refractivity contribution >= 4 is 17.2 Å². The van der Waals surface area contributed by atoms with E-state index >= 15 is 0 Å². The van der Waals surface area contributed by atoms with E-state index in [0.29, 0.717) is 0 Å². The molecule has 76 valence electrons. The summed E-state index contributed by atoms with van der Waals surface area (Å²) in [6.07, 6.45) is 1.72. The smallest absolute Gasteiger partial charge is 0.134 e. The highest BCUT2D eigenvalue weighted by Crippen LogP contribution is 2.16. The van der Waals surface area contributed by atoms with Crippen LogP contribution in [0, 0.1) is 6.92 Å². The maximum atomic E-state index is 5.67. The van der Waals surface area contributed by atoms with Gasteiger partial charge in [0.05, 0.1) is 0 Å². The molecule has 4 heteroatoms. The Morgan fingerprint density at radius 1 is 1.27 bits per heavy atom. The van der Waals surface area contributed by atoms with Crippen molar-refractivity contribution in [1.29, 1.82) is 0 Å². The third-order valence-corrected chi connectivity index (χ3v) is 1.94. The number of benzene rings is 1. The van der Waals surface area contributed by atoms with E-state index in [9.17, 15) is 0 Å². The Labute approximate surface area is 88.2 Å². The van der Waals surface area contributed by atoms with Gasteiger partial charge >= 0.3 is 0 Å². The van der Waals surface area contributed by atoms with Gasteiger partial charge in [0.1, 0.15) is 11.6 Å². The summed E-state index contributed by atoms with van der Waals surface area (Å²) < 4.78 is 0. The molecule has 15 heavy (non-hydrogen) atoms. The SMILES string of the molecule is Cc1nccc(Nc2cccc(N)c2)n1. The molecule has 0 aliphatic heterocycles. The molecule has 2 rings (SSSR count). The molecular formula is C11H12N4. The van der Waals surface area contributed by atoms with Gasteiger partial charge in [-0.1, -0.05) is 6.07 Å². The molecule has 0 spiro atoms. The van der Waals surface area contributed by atoms with E-state index in [4.69, 9.17) is 5.73 Å². The summed E-state index contributed by atoms with van der Waals surface area (Å²) in [5.41, 5.74) is 7.32. The van der Waals surface area contributed by atoms with Gasteiger partial charge in [-0.15, -0.1) is 0 Å². The van der Waals surface area contributed by atoms with Crippen LogP contribution in [0.3, 0.4) is 0 Å². The zero-order valence-electron chi connectivity index (χ0n) is 8.44. The quantitative estimate of drug-likeness (QED) is 0.729. The van der Waals surface area contributed by atoms with E-state index in [1.165, 1.54) is 0 Å². The first-order valence-electron chi connectivity index (χ1n) is 4.66. The van der Waals surface area contributed by atoms with Crippen molar-refractivity contribution in [2.45, 2.75) is 6.92 Å². The molecule has 1 aromatic heterocycles. The first-order valence-corrected chi connectivity index (χ1v) is 4.66. The van der Waals surface area contributed by atoms with Crippen LogP contribution in [0.15, 0.2) is 36.5 Å². The van der Waals surface area contributed by atoms with Gasteiger partial charge < -0.3 is 11.1 Å². The molecule has 0 fully saturated rings. The molecular weight excluding hydrogens is 188 g/mol. The van der Waals surface area contributed by atoms with Crippen LogP contribution in [-0.2, 0) is 0 Å². The lowest BCUT2D eigenvalue weighted by molar-refractivity contribution is 1.06. The van der Waals surface area contributed by atoms with E-state index < -0.39 is 0 Å². The van der Waals surface area contributed by atoms with Crippen LogP contribution in [0.1, 0.15) is 5.82 Å². The number of rotatable bonds is 2. The summed E-state index contributed by atoms with van der Waals surface area (Å²) in [7, 11) is 0. The molecule has 3 N–H and O–H groups in total. The monoisotopic (exact) mass is 200 g/mol. The van der Waals surface area contributed by atoms with Crippen LogP contribution >= 0.6 is 0 Å². The number of hydrogen-bond donors (Lipinski definition) is 2. The predicted molar refractivity (Wildman–Crippen MR) is 60.9 cm³/mol. The van der Waals surface area contributed by atoms with Gasteiger partial charge in [0, 0.05) is 17.6 Å². The summed E-state index contributed by atoms with van der Waals surface area (Å²) in [4.78, 5) is 8.26. The fourth-order valence-electron chi connectivity index (χ4n) is 1.29. The standard InChI is InChI=1S/C11H12N4/c1-8-13-6-5-11(14-8)15-10-4-2-3-9(12)7-10/h2-7H,12H2,1H3,(H,13,14,15). The molecule has 0 amide bonds. The number of nitrogens with zero attached hydrogens (tertiary/aromatic N) is 2. The Morgan fingerprint density at radius 2 is 2.13 bits per heavy atom. The van der Waals surface area contributed by atoms with Gasteiger partial charge in [-0.3, -0.25) is 0 Å². The molecule has 0 unspecified atom stereocenters. The molecule has 0 aliphatic carbocycles. The van der Waals surface area contributed by atoms with Crippen molar-refractivity contribution in [3.63, 3.8) is 0 Å². The molecule has 0 saturated carbocycles. The number of anilines is 3. The van der Waals surface area contributed by atoms with E-state index in [1.807, 2.05) is 37.3 Å². The number of aryl methyl sites for hydroxylation is 1. The Balaban J connectivity index is 2.22. The summed E-state index contributed by atoms with van der Waals surface area (Å²) in [5.74, 6) is 1.51. The number of nitrogen functional groups attached to an aromatic ring is 1. The average Bonchev–Trinajstić information content (AvgIpc) is 2.17. The zero-order chi connectivity index (χ0) is 10.7. The lowest BCUT2D eigenvalue weighted by Gasteiger charge is -2.05. The fourth-order valence-corrected chi connectivity index (χ4v) is 1.29. The lowest BCUT2D eigenvalue weighted by atomic mass is 10.3. The first-order chi connectivity index (χ1) is 7.24. The van der Waals surface area contributed by atoms with Crippen molar-refractivity contribution in [1.82, 2.24) is 9.97 Å². The molecule has 2 aromatic rings. The molecule has 4 nitrogen and oxygen atoms in total. The summed E-state index contributed by atoms with van der Waals surface area (Å²) in [5, 5.41) is 3.15. The Kier molecular flexibility index (Phi) is 2.49. The second-order valence-electron chi connectivity index (χ2n) is 3.24. The predicted octanol–water partition coefficient (Wildman–Crippen LogP) is 2.11. The molecule has 1 heterocycles. The van der Waals surface area contributed by atoms with Crippen molar-refractivity contribution < 1.29 is 0 Å². The largest absolute Gasteiger partial charge is 0.399 e. The summed E-state index contributed by atoms with van der Waals surface area (Å²) in [6.45, 7) is 1.85. The summed E-state index contributed by atoms with van der Waals surface area (Å²) >= 11 is 0. The number of nitrogens with one attached hydrogen (secondary N) is 1. The highest BCUT2D eigenvalue weighted by molar-refractivity contribution is 5.60. The maximum Gasteiger partial charge on any atom is 0.134 e. The molecule has 0 aliphatic rings. The zero-order valence-corrected chi connectivity index (χ0v) is 8.44. The summed E-state index contributed by atoms with van der Waals surface area (Å²) in [6, 6.07) is 9.35. The fraction of sp³-hybridized carbons (Fsp3) is 0.0909. The topological polar surface area (TPSA) is 63.8 Å². The van der Waals surface area contributed by atoms with Crippen molar-refractivity contribution in [3.05, 3.63) is 42.4 Å². The molecule has 0 atom stereocenters. The third kappa shape index (κ3) is 2.43. The van der Waals surface area contributed by atoms with Crippen molar-refractivity contribution in [3.8, 4) is 0 Å². The van der Waals surface area contributed by atoms with Gasteiger partial charge in [0.2, 0.25) is 0 Å². The van der Waals surface area contributed by atoms with Crippen molar-refractivity contribution in [2.24, 2.45) is 0 Å². The molecule has 0 bridgehead atoms. The second kappa shape index (κ2) is 3.96. The van der Waals surface area contributed by atoms with Crippen LogP contribution in [0.2, 0.25) is 0 Å². The Bertz CT molecular complexity index is 424. The lowest BCUT2D eigenvalue weighted by Crippen LogP contribution is -1.96. The highest BCUT2D eigenvalue weighted by atomic mass is 15.0. The van der Waals surface area contributed by atoms with Crippen LogP contribution < -0.4 is 11.1 Å². The number of hydrogen-bond acceptors (Lipinski definition) is 4. The van der Waals surface area contributed by atoms with Crippen LogP contribution in [0.5, 0.6) is 0 Å². The van der Waals surface area contributed by atoms with Gasteiger partial charge in [-0.25, -0.2) is 9.97 Å². The Hall–Kier alpha value is -2.10. The van der Waals surface area contributed by atoms with Gasteiger partial charge in [-0.05, 0) is 31.2 Å². The van der Waals surface area contributed by atoms with E-state index in [-0.39, 0.29) is 0 Å². The van der Waals surface area contributed by atoms with Crippen molar-refractivity contribution in [2.75, 3.05) is 11.1 Å². The number of nitrogens with two attached hydrogens (primary N) is 1. The van der Waals surface area contributed by atoms with Gasteiger partial charge in [-0.2, -0.15) is 0 Å². The molecule has 0 saturated heterocycles. The maximum absolute atomic E-state index is 5.67. The van der Waals surface area contributed by atoms with Crippen LogP contribution in [-0.4, -0.2) is 9.97 Å². The van der Waals surface area contributed by atoms with E-state index in [2.05, 4.69) is 15.3 Å². The van der Waals surface area contributed by atoms with Crippen LogP contribution in [0.25, 0.3) is 0 Å². The second-order valence-corrected chi connectivity index (χ2v) is 3.24. The minimum Gasteiger partial charge on any atom is -0.399 e. The average molecular weight is 200 g/mol. The minimum atomic E-state index is 0.728.